The molecule has 3 heteroatoms. The molecule has 0 radical (unpaired) electrons. The standard InChI is InChI=1S/C17H29N3/c1-4-5-10-20-11-6-7-16(20)15-8-9-17(19-13-15)18-12-14(2)3/h8-9,13-14,16H,4-7,10-12H2,1-3H3,(H,18,19). The molecule has 1 aromatic rings. The summed E-state index contributed by atoms with van der Waals surface area (Å²) in [7, 11) is 0. The largest absolute Gasteiger partial charge is 0.370 e. The predicted octanol–water partition coefficient (Wildman–Crippen LogP) is 4.09. The molecular weight excluding hydrogens is 246 g/mol. The molecule has 0 bridgehead atoms. The van der Waals surface area contributed by atoms with Crippen LogP contribution in [0, 0.1) is 5.92 Å². The average molecular weight is 275 g/mol. The molecule has 20 heavy (non-hydrogen) atoms. The zero-order valence-corrected chi connectivity index (χ0v) is 13.2. The van der Waals surface area contributed by atoms with Crippen molar-refractivity contribution in [1.29, 1.82) is 0 Å². The summed E-state index contributed by atoms with van der Waals surface area (Å²) in [6.45, 7) is 10.2. The zero-order chi connectivity index (χ0) is 14.4. The molecule has 1 aromatic heterocycles. The lowest BCUT2D eigenvalue weighted by molar-refractivity contribution is 0.253. The summed E-state index contributed by atoms with van der Waals surface area (Å²) in [4.78, 5) is 7.20. The topological polar surface area (TPSA) is 28.2 Å². The lowest BCUT2D eigenvalue weighted by atomic mass is 10.1. The van der Waals surface area contributed by atoms with Gasteiger partial charge in [-0.2, -0.15) is 0 Å². The normalized spacial score (nSPS) is 19.7. The van der Waals surface area contributed by atoms with Crippen LogP contribution in [0.15, 0.2) is 18.3 Å². The summed E-state index contributed by atoms with van der Waals surface area (Å²) >= 11 is 0. The molecule has 1 unspecified atom stereocenters. The molecule has 0 amide bonds. The van der Waals surface area contributed by atoms with Crippen molar-refractivity contribution in [3.63, 3.8) is 0 Å². The van der Waals surface area contributed by atoms with Crippen molar-refractivity contribution in [2.24, 2.45) is 5.92 Å². The first-order chi connectivity index (χ1) is 9.70. The highest BCUT2D eigenvalue weighted by molar-refractivity contribution is 5.36. The number of hydrogen-bond acceptors (Lipinski definition) is 3. The summed E-state index contributed by atoms with van der Waals surface area (Å²) < 4.78 is 0. The highest BCUT2D eigenvalue weighted by Gasteiger charge is 2.25. The molecule has 0 saturated carbocycles. The Bertz CT molecular complexity index is 386. The van der Waals surface area contributed by atoms with E-state index in [0.717, 1.165) is 12.4 Å². The Morgan fingerprint density at radius 3 is 2.90 bits per heavy atom. The van der Waals surface area contributed by atoms with Crippen LogP contribution in [-0.4, -0.2) is 29.5 Å². The van der Waals surface area contributed by atoms with Crippen molar-refractivity contribution in [2.45, 2.75) is 52.5 Å². The number of rotatable bonds is 7. The zero-order valence-electron chi connectivity index (χ0n) is 13.2. The van der Waals surface area contributed by atoms with E-state index >= 15 is 0 Å². The van der Waals surface area contributed by atoms with E-state index in [0.29, 0.717) is 12.0 Å². The van der Waals surface area contributed by atoms with E-state index < -0.39 is 0 Å². The van der Waals surface area contributed by atoms with Crippen LogP contribution in [0.3, 0.4) is 0 Å². The molecule has 2 rings (SSSR count). The van der Waals surface area contributed by atoms with Crippen molar-refractivity contribution < 1.29 is 0 Å². The summed E-state index contributed by atoms with van der Waals surface area (Å²) in [5.41, 5.74) is 1.38. The molecule has 3 nitrogen and oxygen atoms in total. The lowest BCUT2D eigenvalue weighted by Crippen LogP contribution is -2.24. The van der Waals surface area contributed by atoms with Crippen molar-refractivity contribution in [3.05, 3.63) is 23.9 Å². The molecule has 112 valence electrons. The van der Waals surface area contributed by atoms with Crippen LogP contribution in [0.2, 0.25) is 0 Å². The molecular formula is C17H29N3. The van der Waals surface area contributed by atoms with Crippen LogP contribution in [0.1, 0.15) is 58.1 Å². The second-order valence-corrected chi connectivity index (χ2v) is 6.30. The van der Waals surface area contributed by atoms with E-state index in [4.69, 9.17) is 0 Å². The Kier molecular flexibility index (Phi) is 5.84. The minimum Gasteiger partial charge on any atom is -0.370 e. The van der Waals surface area contributed by atoms with Gasteiger partial charge in [-0.15, -0.1) is 0 Å². The third kappa shape index (κ3) is 4.20. The van der Waals surface area contributed by atoms with E-state index in [1.165, 1.54) is 44.3 Å². The highest BCUT2D eigenvalue weighted by atomic mass is 15.2. The molecule has 1 fully saturated rings. The van der Waals surface area contributed by atoms with Gasteiger partial charge in [0.05, 0.1) is 0 Å². The highest BCUT2D eigenvalue weighted by Crippen LogP contribution is 2.31. The van der Waals surface area contributed by atoms with Gasteiger partial charge in [-0.3, -0.25) is 4.90 Å². The first-order valence-corrected chi connectivity index (χ1v) is 8.14. The van der Waals surface area contributed by atoms with Crippen LogP contribution in [0.25, 0.3) is 0 Å². The van der Waals surface area contributed by atoms with Gasteiger partial charge < -0.3 is 5.32 Å². The second-order valence-electron chi connectivity index (χ2n) is 6.30. The average Bonchev–Trinajstić information content (AvgIpc) is 2.91. The fourth-order valence-electron chi connectivity index (χ4n) is 2.85. The first kappa shape index (κ1) is 15.3. The van der Waals surface area contributed by atoms with Crippen molar-refractivity contribution in [1.82, 2.24) is 9.88 Å². The van der Waals surface area contributed by atoms with Gasteiger partial charge >= 0.3 is 0 Å². The van der Waals surface area contributed by atoms with E-state index in [9.17, 15) is 0 Å². The second kappa shape index (κ2) is 7.63. The smallest absolute Gasteiger partial charge is 0.125 e. The summed E-state index contributed by atoms with van der Waals surface area (Å²) in [6, 6.07) is 4.98. The predicted molar refractivity (Wildman–Crippen MR) is 86.0 cm³/mol. The Hall–Kier alpha value is -1.09. The first-order valence-electron chi connectivity index (χ1n) is 8.14. The fraction of sp³-hybridized carbons (Fsp3) is 0.706. The third-order valence-electron chi connectivity index (χ3n) is 4.03. The van der Waals surface area contributed by atoms with Gasteiger partial charge in [0, 0.05) is 18.8 Å². The summed E-state index contributed by atoms with van der Waals surface area (Å²) in [5.74, 6) is 1.65. The summed E-state index contributed by atoms with van der Waals surface area (Å²) in [6.07, 6.45) is 7.25. The lowest BCUT2D eigenvalue weighted by Gasteiger charge is -2.24. The minimum absolute atomic E-state index is 0.591. The maximum absolute atomic E-state index is 4.57. The van der Waals surface area contributed by atoms with Gasteiger partial charge in [0.2, 0.25) is 0 Å². The van der Waals surface area contributed by atoms with Gasteiger partial charge in [-0.1, -0.05) is 33.3 Å². The van der Waals surface area contributed by atoms with Crippen molar-refractivity contribution in [3.8, 4) is 0 Å². The molecule has 1 atom stereocenters. The molecule has 1 aliphatic heterocycles. The van der Waals surface area contributed by atoms with Gasteiger partial charge in [0.25, 0.3) is 0 Å². The quantitative estimate of drug-likeness (QED) is 0.812. The molecule has 0 aromatic carbocycles. The number of anilines is 1. The molecule has 1 saturated heterocycles. The molecule has 0 aliphatic carbocycles. The Morgan fingerprint density at radius 2 is 2.25 bits per heavy atom. The number of unbranched alkanes of at least 4 members (excludes halogenated alkanes) is 1. The molecule has 0 spiro atoms. The number of pyridine rings is 1. The number of likely N-dealkylation sites (tertiary alicyclic amines) is 1. The van der Waals surface area contributed by atoms with Crippen LogP contribution in [0.4, 0.5) is 5.82 Å². The Morgan fingerprint density at radius 1 is 1.40 bits per heavy atom. The van der Waals surface area contributed by atoms with Gasteiger partial charge in [-0.05, 0) is 49.9 Å². The molecule has 1 aliphatic rings. The Labute approximate surface area is 123 Å². The van der Waals surface area contributed by atoms with E-state index in [1.54, 1.807) is 0 Å². The van der Waals surface area contributed by atoms with Crippen LogP contribution in [-0.2, 0) is 0 Å². The number of aromatic nitrogens is 1. The van der Waals surface area contributed by atoms with Crippen LogP contribution in [0.5, 0.6) is 0 Å². The number of nitrogens with one attached hydrogen (secondary N) is 1. The third-order valence-corrected chi connectivity index (χ3v) is 4.03. The van der Waals surface area contributed by atoms with Gasteiger partial charge in [0.15, 0.2) is 0 Å². The molecule has 1 N–H and O–H groups in total. The number of nitrogens with zero attached hydrogens (tertiary/aromatic N) is 2. The SMILES string of the molecule is CCCCN1CCCC1c1ccc(NCC(C)C)nc1. The maximum Gasteiger partial charge on any atom is 0.125 e. The Balaban J connectivity index is 1.94. The maximum atomic E-state index is 4.57. The summed E-state index contributed by atoms with van der Waals surface area (Å²) in [5, 5.41) is 3.38. The van der Waals surface area contributed by atoms with Gasteiger partial charge in [0.1, 0.15) is 5.82 Å². The molecule has 2 heterocycles. The minimum atomic E-state index is 0.591. The van der Waals surface area contributed by atoms with Gasteiger partial charge in [-0.25, -0.2) is 4.98 Å². The van der Waals surface area contributed by atoms with Crippen LogP contribution < -0.4 is 5.32 Å². The van der Waals surface area contributed by atoms with E-state index in [2.05, 4.69) is 54.3 Å². The van der Waals surface area contributed by atoms with Crippen molar-refractivity contribution in [2.75, 3.05) is 25.0 Å². The van der Waals surface area contributed by atoms with E-state index in [1.807, 2.05) is 0 Å². The van der Waals surface area contributed by atoms with Crippen molar-refractivity contribution >= 4 is 5.82 Å². The van der Waals surface area contributed by atoms with E-state index in [-0.39, 0.29) is 0 Å². The monoisotopic (exact) mass is 275 g/mol. The fourth-order valence-corrected chi connectivity index (χ4v) is 2.85. The number of hydrogen-bond donors (Lipinski definition) is 1. The van der Waals surface area contributed by atoms with Crippen LogP contribution >= 0.6 is 0 Å².